The summed E-state index contributed by atoms with van der Waals surface area (Å²) in [5.41, 5.74) is -0.317. The maximum absolute atomic E-state index is 10.3. The van der Waals surface area contributed by atoms with Crippen molar-refractivity contribution < 1.29 is 5.11 Å². The van der Waals surface area contributed by atoms with Crippen LogP contribution in [-0.4, -0.2) is 23.3 Å². The van der Waals surface area contributed by atoms with Crippen LogP contribution in [-0.2, 0) is 0 Å². The molecule has 2 rings (SSSR count). The Morgan fingerprint density at radius 3 is 2.77 bits per heavy atom. The van der Waals surface area contributed by atoms with E-state index in [9.17, 15) is 5.11 Å². The first-order valence-electron chi connectivity index (χ1n) is 5.18. The summed E-state index contributed by atoms with van der Waals surface area (Å²) in [6.45, 7) is 3.20. The highest BCUT2D eigenvalue weighted by atomic mass is 35.5. The van der Waals surface area contributed by atoms with Gasteiger partial charge in [0.15, 0.2) is 0 Å². The molecule has 13 heavy (non-hydrogen) atoms. The van der Waals surface area contributed by atoms with Crippen molar-refractivity contribution in [2.45, 2.75) is 50.7 Å². The lowest BCUT2D eigenvalue weighted by Crippen LogP contribution is -2.56. The minimum Gasteiger partial charge on any atom is -0.389 e. The Labute approximate surface area is 86.5 Å². The quantitative estimate of drug-likeness (QED) is 0.631. The molecule has 2 aliphatic rings. The molecule has 0 aromatic rings. The molecule has 0 amide bonds. The fourth-order valence-electron chi connectivity index (χ4n) is 2.93. The van der Waals surface area contributed by atoms with Gasteiger partial charge in [0, 0.05) is 12.0 Å². The number of aliphatic hydroxyl groups is 1. The monoisotopic (exact) mass is 205 g/mol. The molecule has 1 saturated heterocycles. The van der Waals surface area contributed by atoms with Crippen LogP contribution in [0.2, 0.25) is 0 Å². The molecule has 0 aromatic carbocycles. The summed E-state index contributed by atoms with van der Waals surface area (Å²) in [6.07, 6.45) is 5.73. The first kappa shape index (κ1) is 11.3. The second-order valence-electron chi connectivity index (χ2n) is 4.45. The van der Waals surface area contributed by atoms with Crippen molar-refractivity contribution >= 4 is 12.4 Å². The van der Waals surface area contributed by atoms with Gasteiger partial charge in [0.25, 0.3) is 0 Å². The lowest BCUT2D eigenvalue weighted by Gasteiger charge is -2.47. The highest BCUT2D eigenvalue weighted by molar-refractivity contribution is 5.85. The molecule has 2 fully saturated rings. The van der Waals surface area contributed by atoms with Crippen LogP contribution in [0.4, 0.5) is 0 Å². The van der Waals surface area contributed by atoms with Crippen LogP contribution in [0, 0.1) is 5.92 Å². The number of piperidine rings is 1. The van der Waals surface area contributed by atoms with Crippen molar-refractivity contribution in [3.05, 3.63) is 0 Å². The molecule has 1 aliphatic heterocycles. The van der Waals surface area contributed by atoms with E-state index >= 15 is 0 Å². The normalized spacial score (nSPS) is 44.8. The van der Waals surface area contributed by atoms with Gasteiger partial charge in [-0.1, -0.05) is 12.8 Å². The molecule has 0 bridgehead atoms. The number of hydrogen-bond donors (Lipinski definition) is 2. The van der Waals surface area contributed by atoms with Gasteiger partial charge < -0.3 is 10.4 Å². The van der Waals surface area contributed by atoms with Crippen molar-refractivity contribution in [2.24, 2.45) is 5.92 Å². The van der Waals surface area contributed by atoms with Crippen LogP contribution in [0.15, 0.2) is 0 Å². The Hall–Kier alpha value is 0.210. The van der Waals surface area contributed by atoms with Crippen molar-refractivity contribution in [1.82, 2.24) is 5.32 Å². The van der Waals surface area contributed by atoms with E-state index in [4.69, 9.17) is 0 Å². The smallest absolute Gasteiger partial charge is 0.0702 e. The summed E-state index contributed by atoms with van der Waals surface area (Å²) in [7, 11) is 0. The fraction of sp³-hybridized carbons (Fsp3) is 1.00. The van der Waals surface area contributed by atoms with Gasteiger partial charge in [0.2, 0.25) is 0 Å². The summed E-state index contributed by atoms with van der Waals surface area (Å²) >= 11 is 0. The van der Waals surface area contributed by atoms with E-state index in [1.54, 1.807) is 0 Å². The summed E-state index contributed by atoms with van der Waals surface area (Å²) in [5, 5.41) is 13.8. The van der Waals surface area contributed by atoms with Crippen LogP contribution < -0.4 is 5.32 Å². The second kappa shape index (κ2) is 4.16. The molecular formula is C10H20ClNO. The Balaban J connectivity index is 0.000000845. The Bertz CT molecular complexity index is 172. The van der Waals surface area contributed by atoms with E-state index in [0.717, 1.165) is 19.4 Å². The molecule has 1 heterocycles. The fourth-order valence-corrected chi connectivity index (χ4v) is 2.93. The average Bonchev–Trinajstić information content (AvgIpc) is 2.04. The van der Waals surface area contributed by atoms with E-state index in [-0.39, 0.29) is 18.0 Å². The zero-order valence-electron chi connectivity index (χ0n) is 8.25. The molecule has 1 aliphatic carbocycles. The average molecular weight is 206 g/mol. The third-order valence-electron chi connectivity index (χ3n) is 3.69. The number of rotatable bonds is 0. The van der Waals surface area contributed by atoms with Crippen LogP contribution in [0.5, 0.6) is 0 Å². The summed E-state index contributed by atoms with van der Waals surface area (Å²) < 4.78 is 0. The third-order valence-corrected chi connectivity index (χ3v) is 3.69. The zero-order valence-corrected chi connectivity index (χ0v) is 9.07. The minimum absolute atomic E-state index is 0. The van der Waals surface area contributed by atoms with Gasteiger partial charge in [0.1, 0.15) is 0 Å². The molecule has 3 heteroatoms. The maximum atomic E-state index is 10.3. The van der Waals surface area contributed by atoms with Crippen LogP contribution in [0.1, 0.15) is 39.0 Å². The minimum atomic E-state index is -0.317. The summed E-state index contributed by atoms with van der Waals surface area (Å²) in [6, 6.07) is 0.518. The number of hydrogen-bond acceptors (Lipinski definition) is 2. The van der Waals surface area contributed by atoms with E-state index < -0.39 is 0 Å². The third kappa shape index (κ3) is 2.00. The van der Waals surface area contributed by atoms with Crippen molar-refractivity contribution in [3.8, 4) is 0 Å². The van der Waals surface area contributed by atoms with E-state index in [0.29, 0.717) is 12.0 Å². The number of fused-ring (bicyclic) bond motifs is 1. The predicted octanol–water partition coefficient (Wildman–Crippen LogP) is 1.71. The van der Waals surface area contributed by atoms with Crippen LogP contribution in [0.3, 0.4) is 0 Å². The molecule has 3 unspecified atom stereocenters. The molecule has 0 spiro atoms. The molecule has 1 saturated carbocycles. The van der Waals surface area contributed by atoms with Crippen LogP contribution >= 0.6 is 12.4 Å². The second-order valence-corrected chi connectivity index (χ2v) is 4.45. The van der Waals surface area contributed by atoms with Gasteiger partial charge in [-0.25, -0.2) is 0 Å². The van der Waals surface area contributed by atoms with E-state index in [1.807, 2.05) is 0 Å². The first-order valence-corrected chi connectivity index (χ1v) is 5.18. The van der Waals surface area contributed by atoms with Crippen molar-refractivity contribution in [2.75, 3.05) is 6.54 Å². The Morgan fingerprint density at radius 1 is 1.31 bits per heavy atom. The maximum Gasteiger partial charge on any atom is 0.0702 e. The molecule has 78 valence electrons. The zero-order chi connectivity index (χ0) is 8.60. The Morgan fingerprint density at radius 2 is 2.08 bits per heavy atom. The topological polar surface area (TPSA) is 32.3 Å². The largest absolute Gasteiger partial charge is 0.389 e. The predicted molar refractivity (Wildman–Crippen MR) is 56.2 cm³/mol. The van der Waals surface area contributed by atoms with Crippen molar-refractivity contribution in [3.63, 3.8) is 0 Å². The van der Waals surface area contributed by atoms with Crippen LogP contribution in [0.25, 0.3) is 0 Å². The molecule has 0 aromatic heterocycles. The number of halogens is 1. The van der Waals surface area contributed by atoms with Gasteiger partial charge in [-0.3, -0.25) is 0 Å². The Kier molecular flexibility index (Phi) is 3.61. The van der Waals surface area contributed by atoms with Crippen molar-refractivity contribution in [1.29, 1.82) is 0 Å². The lowest BCUT2D eigenvalue weighted by atomic mass is 9.68. The highest BCUT2D eigenvalue weighted by Crippen LogP contribution is 2.40. The summed E-state index contributed by atoms with van der Waals surface area (Å²) in [4.78, 5) is 0. The molecule has 2 nitrogen and oxygen atoms in total. The standard InChI is InChI=1S/C10H19NO.ClH/c1-8-9-4-2-3-5-10(9,12)6-7-11-8;/h8-9,11-12H,2-7H2,1H3;1H. The van der Waals surface area contributed by atoms with Gasteiger partial charge in [-0.15, -0.1) is 12.4 Å². The molecule has 0 radical (unpaired) electrons. The van der Waals surface area contributed by atoms with Gasteiger partial charge in [0.05, 0.1) is 5.60 Å². The highest BCUT2D eigenvalue weighted by Gasteiger charge is 2.43. The summed E-state index contributed by atoms with van der Waals surface area (Å²) in [5.74, 6) is 0.514. The molecule has 3 atom stereocenters. The van der Waals surface area contributed by atoms with Gasteiger partial charge in [-0.05, 0) is 32.7 Å². The SMILES string of the molecule is CC1NCCC2(O)CCCCC12.Cl. The van der Waals surface area contributed by atoms with E-state index in [1.165, 1.54) is 19.3 Å². The molecular weight excluding hydrogens is 186 g/mol. The van der Waals surface area contributed by atoms with E-state index in [2.05, 4.69) is 12.2 Å². The molecule has 2 N–H and O–H groups in total. The van der Waals surface area contributed by atoms with Gasteiger partial charge in [-0.2, -0.15) is 0 Å². The number of nitrogens with one attached hydrogen (secondary N) is 1. The lowest BCUT2D eigenvalue weighted by molar-refractivity contribution is -0.0823. The van der Waals surface area contributed by atoms with Gasteiger partial charge >= 0.3 is 0 Å². The first-order chi connectivity index (χ1) is 5.72.